The first-order valence-corrected chi connectivity index (χ1v) is 9.32. The number of para-hydroxylation sites is 1. The molecule has 0 bridgehead atoms. The van der Waals surface area contributed by atoms with Crippen molar-refractivity contribution in [1.29, 1.82) is 0 Å². The number of amides is 1. The zero-order chi connectivity index (χ0) is 19.4. The van der Waals surface area contributed by atoms with Crippen LogP contribution in [0, 0.1) is 6.92 Å². The number of carbonyl (C=O) groups is 1. The van der Waals surface area contributed by atoms with E-state index in [0.717, 1.165) is 0 Å². The molecule has 3 aromatic rings. The van der Waals surface area contributed by atoms with Crippen LogP contribution >= 0.6 is 11.3 Å². The van der Waals surface area contributed by atoms with Crippen LogP contribution in [0.25, 0.3) is 10.2 Å². The maximum Gasteiger partial charge on any atom is 0.266 e. The van der Waals surface area contributed by atoms with E-state index in [2.05, 4.69) is 10.3 Å². The van der Waals surface area contributed by atoms with Gasteiger partial charge >= 0.3 is 0 Å². The molecule has 6 nitrogen and oxygen atoms in total. The number of methoxy groups -OCH3 is 1. The van der Waals surface area contributed by atoms with Gasteiger partial charge in [-0.25, -0.2) is 9.37 Å². The minimum absolute atomic E-state index is 0.0678. The number of carbonyl (C=O) groups excluding carboxylic acids is 1. The molecule has 0 spiro atoms. The Morgan fingerprint density at radius 1 is 1.33 bits per heavy atom. The van der Waals surface area contributed by atoms with E-state index < -0.39 is 6.67 Å². The third kappa shape index (κ3) is 3.91. The second-order valence-electron chi connectivity index (χ2n) is 5.97. The largest absolute Gasteiger partial charge is 0.384 e. The molecule has 0 saturated carbocycles. The first-order chi connectivity index (χ1) is 13.1. The fraction of sp³-hybridized carbons (Fsp3) is 0.316. The molecule has 0 fully saturated rings. The molecule has 1 N–H and O–H groups in total. The third-order valence-corrected chi connectivity index (χ3v) is 5.39. The van der Waals surface area contributed by atoms with Crippen molar-refractivity contribution in [2.45, 2.75) is 19.9 Å². The summed E-state index contributed by atoms with van der Waals surface area (Å²) >= 11 is 1.17. The van der Waals surface area contributed by atoms with Crippen molar-refractivity contribution in [1.82, 2.24) is 9.55 Å². The standard InChI is InChI=1S/C19H20FN3O3S/c1-12-15-18(22-14(8-11-26-2)23(10-9-20)19(15)25)27-16(12)17(24)21-13-6-4-3-5-7-13/h3-7H,8-11H2,1-2H3,(H,21,24). The molecule has 1 amide bonds. The van der Waals surface area contributed by atoms with Crippen LogP contribution in [0.5, 0.6) is 0 Å². The van der Waals surface area contributed by atoms with Crippen LogP contribution in [0.3, 0.4) is 0 Å². The summed E-state index contributed by atoms with van der Waals surface area (Å²) < 4.78 is 19.3. The lowest BCUT2D eigenvalue weighted by atomic mass is 10.2. The van der Waals surface area contributed by atoms with Crippen LogP contribution in [0.15, 0.2) is 35.1 Å². The lowest BCUT2D eigenvalue weighted by molar-refractivity contribution is 0.103. The fourth-order valence-corrected chi connectivity index (χ4v) is 3.97. The maximum absolute atomic E-state index is 13.0. The Morgan fingerprint density at radius 2 is 2.07 bits per heavy atom. The normalized spacial score (nSPS) is 11.1. The summed E-state index contributed by atoms with van der Waals surface area (Å²) in [7, 11) is 1.55. The van der Waals surface area contributed by atoms with Gasteiger partial charge in [-0.15, -0.1) is 11.3 Å². The highest BCUT2D eigenvalue weighted by molar-refractivity contribution is 7.20. The number of halogens is 1. The lowest BCUT2D eigenvalue weighted by Crippen LogP contribution is -2.27. The Labute approximate surface area is 159 Å². The Bertz CT molecular complexity index is 1010. The summed E-state index contributed by atoms with van der Waals surface area (Å²) in [5.74, 6) is 0.167. The molecule has 8 heteroatoms. The van der Waals surface area contributed by atoms with Gasteiger partial charge in [-0.3, -0.25) is 14.2 Å². The molecule has 3 rings (SSSR count). The number of aromatic nitrogens is 2. The smallest absolute Gasteiger partial charge is 0.266 e. The van der Waals surface area contributed by atoms with Crippen LogP contribution < -0.4 is 10.9 Å². The molecule has 1 aromatic carbocycles. The average Bonchev–Trinajstić information content (AvgIpc) is 3.00. The van der Waals surface area contributed by atoms with Crippen molar-refractivity contribution in [2.24, 2.45) is 0 Å². The van der Waals surface area contributed by atoms with Crippen molar-refractivity contribution in [2.75, 3.05) is 25.7 Å². The molecule has 142 valence electrons. The number of ether oxygens (including phenoxy) is 1. The van der Waals surface area contributed by atoms with Crippen LogP contribution in [-0.2, 0) is 17.7 Å². The number of hydrogen-bond acceptors (Lipinski definition) is 5. The first kappa shape index (κ1) is 19.2. The molecule has 27 heavy (non-hydrogen) atoms. The average molecular weight is 389 g/mol. The molecule has 0 radical (unpaired) electrons. The van der Waals surface area contributed by atoms with Crippen LogP contribution in [0.1, 0.15) is 21.1 Å². The second kappa shape index (κ2) is 8.41. The van der Waals surface area contributed by atoms with Gasteiger partial charge < -0.3 is 10.1 Å². The monoisotopic (exact) mass is 389 g/mol. The van der Waals surface area contributed by atoms with Crippen LogP contribution in [0.4, 0.5) is 10.1 Å². The summed E-state index contributed by atoms with van der Waals surface area (Å²) in [5.41, 5.74) is 0.908. The second-order valence-corrected chi connectivity index (χ2v) is 6.97. The van der Waals surface area contributed by atoms with Gasteiger partial charge in [-0.1, -0.05) is 18.2 Å². The third-order valence-electron chi connectivity index (χ3n) is 4.21. The highest BCUT2D eigenvalue weighted by Crippen LogP contribution is 2.28. The zero-order valence-corrected chi connectivity index (χ0v) is 15.9. The lowest BCUT2D eigenvalue weighted by Gasteiger charge is -2.10. The summed E-state index contributed by atoms with van der Waals surface area (Å²) in [6.07, 6.45) is 0.393. The summed E-state index contributed by atoms with van der Waals surface area (Å²) in [6, 6.07) is 9.09. The van der Waals surface area contributed by atoms with E-state index in [0.29, 0.717) is 45.2 Å². The van der Waals surface area contributed by atoms with Crippen molar-refractivity contribution < 1.29 is 13.9 Å². The van der Waals surface area contributed by atoms with Gasteiger partial charge in [-0.05, 0) is 24.6 Å². The number of nitrogens with zero attached hydrogens (tertiary/aromatic N) is 2. The zero-order valence-electron chi connectivity index (χ0n) is 15.1. The highest BCUT2D eigenvalue weighted by Gasteiger charge is 2.21. The summed E-state index contributed by atoms with van der Waals surface area (Å²) in [6.45, 7) is 1.35. The maximum atomic E-state index is 13.0. The number of rotatable bonds is 7. The predicted octanol–water partition coefficient (Wildman–Crippen LogP) is 3.18. The van der Waals surface area contributed by atoms with E-state index >= 15 is 0 Å². The van der Waals surface area contributed by atoms with Gasteiger partial charge in [-0.2, -0.15) is 0 Å². The van der Waals surface area contributed by atoms with Crippen LogP contribution in [-0.4, -0.2) is 35.8 Å². The quantitative estimate of drug-likeness (QED) is 0.674. The Balaban J connectivity index is 2.06. The fourth-order valence-electron chi connectivity index (χ4n) is 2.88. The number of hydrogen-bond donors (Lipinski definition) is 1. The molecule has 0 unspecified atom stereocenters. The summed E-state index contributed by atoms with van der Waals surface area (Å²) in [5, 5.41) is 3.19. The van der Waals surface area contributed by atoms with E-state index in [1.54, 1.807) is 26.2 Å². The number of anilines is 1. The number of alkyl halides is 1. The predicted molar refractivity (Wildman–Crippen MR) is 105 cm³/mol. The van der Waals surface area contributed by atoms with E-state index in [1.165, 1.54) is 15.9 Å². The Kier molecular flexibility index (Phi) is 5.98. The van der Waals surface area contributed by atoms with Gasteiger partial charge in [0.1, 0.15) is 17.3 Å². The number of benzene rings is 1. The van der Waals surface area contributed by atoms with Gasteiger partial charge in [0.15, 0.2) is 0 Å². The molecular weight excluding hydrogens is 369 g/mol. The molecule has 0 saturated heterocycles. The minimum atomic E-state index is -0.669. The Hall–Kier alpha value is -2.58. The number of fused-ring (bicyclic) bond motifs is 1. The minimum Gasteiger partial charge on any atom is -0.384 e. The number of aryl methyl sites for hydroxylation is 1. The molecule has 0 aliphatic carbocycles. The molecule has 0 aliphatic heterocycles. The van der Waals surface area contributed by atoms with E-state index in [-0.39, 0.29) is 18.0 Å². The van der Waals surface area contributed by atoms with Crippen molar-refractivity contribution in [3.8, 4) is 0 Å². The highest BCUT2D eigenvalue weighted by atomic mass is 32.1. The van der Waals surface area contributed by atoms with E-state index in [1.807, 2.05) is 18.2 Å². The van der Waals surface area contributed by atoms with Crippen molar-refractivity contribution in [3.63, 3.8) is 0 Å². The van der Waals surface area contributed by atoms with Crippen LogP contribution in [0.2, 0.25) is 0 Å². The molecule has 0 aliphatic rings. The molecule has 2 aromatic heterocycles. The molecule has 2 heterocycles. The van der Waals surface area contributed by atoms with Gasteiger partial charge in [0.2, 0.25) is 0 Å². The first-order valence-electron chi connectivity index (χ1n) is 8.51. The Morgan fingerprint density at radius 3 is 2.74 bits per heavy atom. The van der Waals surface area contributed by atoms with Crippen molar-refractivity contribution in [3.05, 3.63) is 57.0 Å². The van der Waals surface area contributed by atoms with E-state index in [4.69, 9.17) is 4.74 Å². The van der Waals surface area contributed by atoms with Crippen molar-refractivity contribution >= 4 is 33.1 Å². The summed E-state index contributed by atoms with van der Waals surface area (Å²) in [4.78, 5) is 31.0. The van der Waals surface area contributed by atoms with Gasteiger partial charge in [0, 0.05) is 19.2 Å². The molecular formula is C19H20FN3O3S. The van der Waals surface area contributed by atoms with E-state index in [9.17, 15) is 14.0 Å². The van der Waals surface area contributed by atoms with Gasteiger partial charge in [0.25, 0.3) is 11.5 Å². The molecule has 0 atom stereocenters. The number of thiophene rings is 1. The SMILES string of the molecule is COCCc1nc2sc(C(=O)Nc3ccccc3)c(C)c2c(=O)n1CCF. The topological polar surface area (TPSA) is 73.2 Å². The number of nitrogens with one attached hydrogen (secondary N) is 1. The van der Waals surface area contributed by atoms with Gasteiger partial charge in [0.05, 0.1) is 23.4 Å².